The highest BCUT2D eigenvalue weighted by atomic mass is 19.1. The molecule has 3 aliphatic rings. The summed E-state index contributed by atoms with van der Waals surface area (Å²) in [5.74, 6) is -1.98. The van der Waals surface area contributed by atoms with Crippen molar-refractivity contribution in [2.24, 2.45) is 11.8 Å². The fraction of sp³-hybridized carbons (Fsp3) is 0.629. The molecule has 1 aliphatic heterocycles. The molecule has 47 heavy (non-hydrogen) atoms. The Morgan fingerprint density at radius 2 is 1.66 bits per heavy atom. The number of carbonyl (C=O) groups excluding carboxylic acids is 4. The van der Waals surface area contributed by atoms with E-state index in [0.29, 0.717) is 36.8 Å². The van der Waals surface area contributed by atoms with Crippen molar-refractivity contribution in [3.05, 3.63) is 47.5 Å². The topological polar surface area (TPSA) is 129 Å². The van der Waals surface area contributed by atoms with Crippen molar-refractivity contribution in [3.63, 3.8) is 0 Å². The second-order valence-electron chi connectivity index (χ2n) is 13.6. The molecule has 11 nitrogen and oxygen atoms in total. The van der Waals surface area contributed by atoms with Crippen LogP contribution < -0.4 is 16.0 Å². The maximum Gasteiger partial charge on any atom is 0.270 e. The van der Waals surface area contributed by atoms with E-state index in [-0.39, 0.29) is 35.7 Å². The standard InChI is InChI=1S/C35H50FN7O4/c1-4-30(44)39-31(35(47)42-19-17-41(3)18-20-42)23(2)26-13-14-28(27(36)21-26)38-34(46)32(25-9-7-5-6-8-10-25)40-33(45)29-15-16-37-43(29)22-24-11-12-24/h13-16,21,23-25,31-32H,4-12,17-20,22H2,1-3H3,(H,38,46)(H,39,44)(H,40,45)/t23-,31+,32-/m0/s1. The highest BCUT2D eigenvalue weighted by Crippen LogP contribution is 2.31. The lowest BCUT2D eigenvalue weighted by atomic mass is 9.90. The molecule has 2 saturated carbocycles. The van der Waals surface area contributed by atoms with E-state index in [1.807, 2.05) is 7.05 Å². The van der Waals surface area contributed by atoms with Crippen LogP contribution in [0.25, 0.3) is 0 Å². The third-order valence-electron chi connectivity index (χ3n) is 10.0. The highest BCUT2D eigenvalue weighted by molar-refractivity contribution is 6.00. The van der Waals surface area contributed by atoms with Crippen LogP contribution in [0.5, 0.6) is 0 Å². The number of nitrogens with zero attached hydrogens (tertiary/aromatic N) is 4. The molecule has 256 valence electrons. The predicted octanol–water partition coefficient (Wildman–Crippen LogP) is 3.91. The molecule has 5 rings (SSSR count). The monoisotopic (exact) mass is 651 g/mol. The third-order valence-corrected chi connectivity index (χ3v) is 10.0. The van der Waals surface area contributed by atoms with Crippen LogP contribution in [0, 0.1) is 17.7 Å². The van der Waals surface area contributed by atoms with E-state index in [1.54, 1.807) is 41.8 Å². The molecule has 3 atom stereocenters. The Morgan fingerprint density at radius 3 is 2.30 bits per heavy atom. The normalized spacial score (nSPS) is 19.7. The summed E-state index contributed by atoms with van der Waals surface area (Å²) >= 11 is 0. The van der Waals surface area contributed by atoms with Crippen LogP contribution in [0.2, 0.25) is 0 Å². The number of nitrogens with one attached hydrogen (secondary N) is 3. The number of hydrogen-bond acceptors (Lipinski definition) is 6. The molecule has 1 aromatic heterocycles. The van der Waals surface area contributed by atoms with Crippen molar-refractivity contribution >= 4 is 29.3 Å². The Hall–Kier alpha value is -3.80. The van der Waals surface area contributed by atoms with Gasteiger partial charge in [-0.2, -0.15) is 5.10 Å². The Labute approximate surface area is 277 Å². The molecule has 4 amide bonds. The number of hydrogen-bond donors (Lipinski definition) is 3. The van der Waals surface area contributed by atoms with Gasteiger partial charge >= 0.3 is 0 Å². The van der Waals surface area contributed by atoms with Crippen LogP contribution in [0.1, 0.15) is 93.6 Å². The first kappa shape index (κ1) is 34.5. The summed E-state index contributed by atoms with van der Waals surface area (Å²) in [4.78, 5) is 57.2. The minimum atomic E-state index is -0.853. The van der Waals surface area contributed by atoms with Crippen LogP contribution in [0.15, 0.2) is 30.5 Å². The Morgan fingerprint density at radius 1 is 0.957 bits per heavy atom. The minimum absolute atomic E-state index is 0.00265. The number of halogens is 1. The van der Waals surface area contributed by atoms with Crippen molar-refractivity contribution in [1.29, 1.82) is 0 Å². The summed E-state index contributed by atoms with van der Waals surface area (Å²) in [6.07, 6.45) is 9.76. The molecule has 0 radical (unpaired) electrons. The largest absolute Gasteiger partial charge is 0.344 e. The van der Waals surface area contributed by atoms with E-state index in [4.69, 9.17) is 0 Å². The Bertz CT molecular complexity index is 1410. The number of benzene rings is 1. The molecule has 0 spiro atoms. The molecular formula is C35H50FN7O4. The summed E-state index contributed by atoms with van der Waals surface area (Å²) in [7, 11) is 2.00. The fourth-order valence-electron chi connectivity index (χ4n) is 6.69. The summed E-state index contributed by atoms with van der Waals surface area (Å²) in [6, 6.07) is 4.48. The van der Waals surface area contributed by atoms with E-state index in [2.05, 4.69) is 25.9 Å². The lowest BCUT2D eigenvalue weighted by Gasteiger charge is -2.36. The van der Waals surface area contributed by atoms with Crippen LogP contribution in [-0.2, 0) is 20.9 Å². The van der Waals surface area contributed by atoms with Crippen molar-refractivity contribution < 1.29 is 23.6 Å². The van der Waals surface area contributed by atoms with Crippen LogP contribution in [-0.4, -0.2) is 88.5 Å². The summed E-state index contributed by atoms with van der Waals surface area (Å²) in [5.41, 5.74) is 0.947. The predicted molar refractivity (Wildman–Crippen MR) is 177 cm³/mol. The maximum atomic E-state index is 15.7. The maximum absolute atomic E-state index is 15.7. The number of anilines is 1. The van der Waals surface area contributed by atoms with Crippen molar-refractivity contribution in [2.45, 2.75) is 96.2 Å². The van der Waals surface area contributed by atoms with Gasteiger partial charge in [0.25, 0.3) is 5.91 Å². The average Bonchev–Trinajstić information content (AvgIpc) is 3.83. The van der Waals surface area contributed by atoms with Gasteiger partial charge in [0.05, 0.1) is 5.69 Å². The van der Waals surface area contributed by atoms with Crippen molar-refractivity contribution in [2.75, 3.05) is 38.5 Å². The molecule has 0 unspecified atom stereocenters. The molecule has 1 saturated heterocycles. The molecule has 12 heteroatoms. The zero-order valence-electron chi connectivity index (χ0n) is 28.0. The van der Waals surface area contributed by atoms with Gasteiger partial charge in [-0.25, -0.2) is 4.39 Å². The first-order valence-electron chi connectivity index (χ1n) is 17.3. The molecule has 1 aromatic carbocycles. The molecular weight excluding hydrogens is 601 g/mol. The zero-order valence-corrected chi connectivity index (χ0v) is 28.0. The van der Waals surface area contributed by atoms with Gasteiger partial charge in [-0.3, -0.25) is 23.9 Å². The van der Waals surface area contributed by atoms with E-state index < -0.39 is 29.7 Å². The van der Waals surface area contributed by atoms with Gasteiger partial charge in [0.15, 0.2) is 0 Å². The number of aromatic nitrogens is 2. The van der Waals surface area contributed by atoms with E-state index in [1.165, 1.54) is 12.1 Å². The average molecular weight is 652 g/mol. The third kappa shape index (κ3) is 8.97. The second-order valence-corrected chi connectivity index (χ2v) is 13.6. The number of likely N-dealkylation sites (N-methyl/N-ethyl adjacent to an activating group) is 1. The van der Waals surface area contributed by atoms with Gasteiger partial charge in [0.2, 0.25) is 17.7 Å². The highest BCUT2D eigenvalue weighted by Gasteiger charge is 2.35. The molecule has 2 aromatic rings. The van der Waals surface area contributed by atoms with Crippen molar-refractivity contribution in [3.8, 4) is 0 Å². The first-order chi connectivity index (χ1) is 22.6. The van der Waals surface area contributed by atoms with Gasteiger partial charge in [-0.05, 0) is 68.3 Å². The van der Waals surface area contributed by atoms with Gasteiger partial charge in [0, 0.05) is 51.3 Å². The minimum Gasteiger partial charge on any atom is -0.344 e. The lowest BCUT2D eigenvalue weighted by Crippen LogP contribution is -2.55. The van der Waals surface area contributed by atoms with E-state index >= 15 is 4.39 Å². The van der Waals surface area contributed by atoms with Crippen LogP contribution in [0.4, 0.5) is 10.1 Å². The van der Waals surface area contributed by atoms with Gasteiger partial charge in [-0.15, -0.1) is 0 Å². The summed E-state index contributed by atoms with van der Waals surface area (Å²) in [6.45, 7) is 6.79. The summed E-state index contributed by atoms with van der Waals surface area (Å²) < 4.78 is 17.4. The van der Waals surface area contributed by atoms with Crippen molar-refractivity contribution in [1.82, 2.24) is 30.2 Å². The number of piperazine rings is 1. The molecule has 3 N–H and O–H groups in total. The zero-order chi connectivity index (χ0) is 33.5. The second kappa shape index (κ2) is 15.9. The summed E-state index contributed by atoms with van der Waals surface area (Å²) in [5, 5.41) is 12.9. The number of amides is 4. The van der Waals surface area contributed by atoms with Gasteiger partial charge < -0.3 is 25.8 Å². The number of carbonyl (C=O) groups is 4. The molecule has 3 fully saturated rings. The Balaban J connectivity index is 1.31. The molecule has 2 heterocycles. The fourth-order valence-corrected chi connectivity index (χ4v) is 6.69. The smallest absolute Gasteiger partial charge is 0.270 e. The van der Waals surface area contributed by atoms with E-state index in [0.717, 1.165) is 64.5 Å². The lowest BCUT2D eigenvalue weighted by molar-refractivity contribution is -0.138. The van der Waals surface area contributed by atoms with Crippen LogP contribution >= 0.6 is 0 Å². The molecule has 0 bridgehead atoms. The quantitative estimate of drug-likeness (QED) is 0.299. The van der Waals surface area contributed by atoms with E-state index in [9.17, 15) is 19.2 Å². The van der Waals surface area contributed by atoms with Gasteiger partial charge in [0.1, 0.15) is 23.6 Å². The first-order valence-corrected chi connectivity index (χ1v) is 17.3. The van der Waals surface area contributed by atoms with Crippen LogP contribution in [0.3, 0.4) is 0 Å². The van der Waals surface area contributed by atoms with Gasteiger partial charge in [-0.1, -0.05) is 45.6 Å². The Kier molecular flexibility index (Phi) is 11.7. The molecule has 2 aliphatic carbocycles. The SMILES string of the molecule is CCC(=O)N[C@@H](C(=O)N1CCN(C)CC1)[C@@H](C)c1ccc(NC(=O)[C@@H](NC(=O)c2ccnn2CC2CC2)C2CCCCCC2)c(F)c1. The number of rotatable bonds is 12.